The molecule has 6 heteroatoms. The van der Waals surface area contributed by atoms with E-state index < -0.39 is 0 Å². The zero-order valence-electron chi connectivity index (χ0n) is 19.3. The molecule has 0 unspecified atom stereocenters. The number of amides is 1. The summed E-state index contributed by atoms with van der Waals surface area (Å²) in [5.41, 5.74) is 0.725. The smallest absolute Gasteiger partial charge is 0.226 e. The first-order valence-electron chi connectivity index (χ1n) is 12.4. The van der Waals surface area contributed by atoms with Crippen LogP contribution in [-0.4, -0.2) is 44.1 Å². The maximum absolute atomic E-state index is 14.1. The van der Waals surface area contributed by atoms with Crippen molar-refractivity contribution < 1.29 is 13.9 Å². The summed E-state index contributed by atoms with van der Waals surface area (Å²) in [6, 6.07) is 5.02. The second kappa shape index (κ2) is 9.89. The van der Waals surface area contributed by atoms with Gasteiger partial charge in [-0.05, 0) is 118 Å². The van der Waals surface area contributed by atoms with Gasteiger partial charge in [-0.25, -0.2) is 4.39 Å². The molecule has 1 amide bonds. The van der Waals surface area contributed by atoms with E-state index in [1.165, 1.54) is 25.3 Å². The van der Waals surface area contributed by atoms with Gasteiger partial charge in [0.05, 0.1) is 7.11 Å². The van der Waals surface area contributed by atoms with Gasteiger partial charge < -0.3 is 15.0 Å². The maximum atomic E-state index is 14.1. The highest BCUT2D eigenvalue weighted by molar-refractivity contribution is 5.85. The molecule has 1 aliphatic heterocycles. The predicted octanol–water partition coefficient (Wildman–Crippen LogP) is 4.84. The van der Waals surface area contributed by atoms with E-state index in [1.807, 2.05) is 6.07 Å². The first-order chi connectivity index (χ1) is 15.0. The van der Waals surface area contributed by atoms with Crippen LogP contribution in [0.25, 0.3) is 0 Å². The Morgan fingerprint density at radius 3 is 2.34 bits per heavy atom. The molecule has 0 spiro atoms. The van der Waals surface area contributed by atoms with Gasteiger partial charge in [0, 0.05) is 18.5 Å². The molecule has 5 fully saturated rings. The molecule has 1 N–H and O–H groups in total. The van der Waals surface area contributed by atoms with Crippen LogP contribution in [0.4, 0.5) is 4.39 Å². The van der Waals surface area contributed by atoms with E-state index in [1.54, 1.807) is 13.2 Å². The summed E-state index contributed by atoms with van der Waals surface area (Å²) in [7, 11) is 1.62. The summed E-state index contributed by atoms with van der Waals surface area (Å²) in [4.78, 5) is 15.6. The van der Waals surface area contributed by atoms with Crippen molar-refractivity contribution in [2.24, 2.45) is 29.1 Å². The Morgan fingerprint density at radius 1 is 1.12 bits per heavy atom. The Labute approximate surface area is 198 Å². The number of carbonyl (C=O) groups excluding carboxylic acids is 1. The van der Waals surface area contributed by atoms with Gasteiger partial charge in [-0.1, -0.05) is 0 Å². The zero-order chi connectivity index (χ0) is 21.4. The molecule has 178 valence electrons. The van der Waals surface area contributed by atoms with Gasteiger partial charge in [-0.3, -0.25) is 4.79 Å². The van der Waals surface area contributed by atoms with E-state index in [0.29, 0.717) is 11.8 Å². The number of likely N-dealkylation sites (tertiary alicyclic amines) is 1. The van der Waals surface area contributed by atoms with Crippen LogP contribution in [0.3, 0.4) is 0 Å². The lowest BCUT2D eigenvalue weighted by Crippen LogP contribution is -2.54. The van der Waals surface area contributed by atoms with Crippen LogP contribution in [-0.2, 0) is 11.2 Å². The molecule has 1 aromatic carbocycles. The minimum Gasteiger partial charge on any atom is -0.497 e. The number of hydrogen-bond acceptors (Lipinski definition) is 3. The van der Waals surface area contributed by atoms with Crippen LogP contribution < -0.4 is 10.1 Å². The Bertz CT molecular complexity index is 774. The summed E-state index contributed by atoms with van der Waals surface area (Å²) in [5, 5.41) is 3.31. The number of ether oxygens (including phenoxy) is 1. The quantitative estimate of drug-likeness (QED) is 0.627. The van der Waals surface area contributed by atoms with Crippen LogP contribution in [0.2, 0.25) is 0 Å². The number of nitrogens with zero attached hydrogens (tertiary/aromatic N) is 1. The van der Waals surface area contributed by atoms with Crippen molar-refractivity contribution in [1.29, 1.82) is 0 Å². The fraction of sp³-hybridized carbons (Fsp3) is 0.731. The monoisotopic (exact) mass is 464 g/mol. The molecule has 0 atom stereocenters. The van der Waals surface area contributed by atoms with Crippen molar-refractivity contribution in [1.82, 2.24) is 10.2 Å². The standard InChI is InChI=1S/C26H37FN2O2.ClH/c1-31-23-2-3-24(27)22(14-23)13-18-4-7-29(8-5-18)9-6-28-25(30)26-15-19-10-20(16-26)12-21(11-19)17-26;/h2-3,14,18-21H,4-13,15-17H2,1H3,(H,28,30);1H. The minimum atomic E-state index is -0.129. The van der Waals surface area contributed by atoms with Crippen LogP contribution in [0.1, 0.15) is 56.9 Å². The molecule has 4 saturated carbocycles. The van der Waals surface area contributed by atoms with E-state index in [2.05, 4.69) is 10.2 Å². The topological polar surface area (TPSA) is 41.6 Å². The van der Waals surface area contributed by atoms with Crippen LogP contribution in [0, 0.1) is 34.9 Å². The summed E-state index contributed by atoms with van der Waals surface area (Å²) in [6.07, 6.45) is 10.5. The highest BCUT2D eigenvalue weighted by Crippen LogP contribution is 2.60. The van der Waals surface area contributed by atoms with Gasteiger partial charge in [-0.15, -0.1) is 12.4 Å². The molecule has 1 heterocycles. The number of methoxy groups -OCH3 is 1. The fourth-order valence-corrected chi connectivity index (χ4v) is 7.46. The average Bonchev–Trinajstić information content (AvgIpc) is 2.75. The third-order valence-electron chi connectivity index (χ3n) is 8.70. The van der Waals surface area contributed by atoms with E-state index in [9.17, 15) is 9.18 Å². The molecule has 0 aromatic heterocycles. The second-order valence-corrected chi connectivity index (χ2v) is 10.9. The molecule has 4 aliphatic carbocycles. The fourth-order valence-electron chi connectivity index (χ4n) is 7.46. The van der Waals surface area contributed by atoms with Crippen LogP contribution in [0.5, 0.6) is 5.75 Å². The van der Waals surface area contributed by atoms with E-state index in [-0.39, 0.29) is 23.6 Å². The van der Waals surface area contributed by atoms with Crippen molar-refractivity contribution in [2.45, 2.75) is 57.8 Å². The van der Waals surface area contributed by atoms with Crippen molar-refractivity contribution in [2.75, 3.05) is 33.3 Å². The summed E-state index contributed by atoms with van der Waals surface area (Å²) in [5.74, 6) is 3.88. The first kappa shape index (κ1) is 23.8. The lowest BCUT2D eigenvalue weighted by Gasteiger charge is -2.55. The number of carbonyl (C=O) groups is 1. The summed E-state index contributed by atoms with van der Waals surface area (Å²) in [6.45, 7) is 3.75. The number of halogens is 2. The Kier molecular flexibility index (Phi) is 7.36. The summed E-state index contributed by atoms with van der Waals surface area (Å²) < 4.78 is 19.4. The SMILES string of the molecule is COc1ccc(F)c(CC2CCN(CCNC(=O)C34CC5CC(CC(C5)C3)C4)CC2)c1.Cl. The normalized spacial score (nSPS) is 31.9. The third-order valence-corrected chi connectivity index (χ3v) is 8.70. The lowest BCUT2D eigenvalue weighted by molar-refractivity contribution is -0.146. The average molecular weight is 465 g/mol. The molecule has 5 aliphatic rings. The van der Waals surface area contributed by atoms with Crippen molar-refractivity contribution in [3.63, 3.8) is 0 Å². The Hall–Kier alpha value is -1.33. The van der Waals surface area contributed by atoms with Gasteiger partial charge in [0.25, 0.3) is 0 Å². The van der Waals surface area contributed by atoms with Crippen LogP contribution in [0.15, 0.2) is 18.2 Å². The van der Waals surface area contributed by atoms with Gasteiger partial charge in [0.1, 0.15) is 11.6 Å². The molecule has 6 rings (SSSR count). The molecule has 32 heavy (non-hydrogen) atoms. The first-order valence-corrected chi connectivity index (χ1v) is 12.4. The molecule has 4 nitrogen and oxygen atoms in total. The lowest BCUT2D eigenvalue weighted by atomic mass is 9.49. The number of rotatable bonds is 7. The largest absolute Gasteiger partial charge is 0.497 e. The van der Waals surface area contributed by atoms with Crippen molar-refractivity contribution in [3.8, 4) is 5.75 Å². The maximum Gasteiger partial charge on any atom is 0.226 e. The molecule has 4 bridgehead atoms. The number of piperidine rings is 1. The third kappa shape index (κ3) is 4.94. The molecule has 1 saturated heterocycles. The highest BCUT2D eigenvalue weighted by atomic mass is 35.5. The van der Waals surface area contributed by atoms with Gasteiger partial charge in [0.2, 0.25) is 5.91 Å². The van der Waals surface area contributed by atoms with Gasteiger partial charge >= 0.3 is 0 Å². The van der Waals surface area contributed by atoms with Crippen molar-refractivity contribution >= 4 is 18.3 Å². The zero-order valence-corrected chi connectivity index (χ0v) is 20.1. The Morgan fingerprint density at radius 2 is 1.75 bits per heavy atom. The minimum absolute atomic E-state index is 0. The molecule has 1 aromatic rings. The number of hydrogen-bond donors (Lipinski definition) is 1. The number of nitrogens with one attached hydrogen (secondary N) is 1. The van der Waals surface area contributed by atoms with E-state index in [0.717, 1.165) is 93.8 Å². The van der Waals surface area contributed by atoms with Gasteiger partial charge in [0.15, 0.2) is 0 Å². The molecular weight excluding hydrogens is 427 g/mol. The van der Waals surface area contributed by atoms with Gasteiger partial charge in [-0.2, -0.15) is 0 Å². The van der Waals surface area contributed by atoms with Crippen LogP contribution >= 0.6 is 12.4 Å². The molecule has 0 radical (unpaired) electrons. The van der Waals surface area contributed by atoms with Crippen molar-refractivity contribution in [3.05, 3.63) is 29.6 Å². The predicted molar refractivity (Wildman–Crippen MR) is 127 cm³/mol. The highest BCUT2D eigenvalue weighted by Gasteiger charge is 2.54. The Balaban J connectivity index is 0.00000245. The number of benzene rings is 1. The second-order valence-electron chi connectivity index (χ2n) is 10.9. The van der Waals surface area contributed by atoms with E-state index >= 15 is 0 Å². The summed E-state index contributed by atoms with van der Waals surface area (Å²) >= 11 is 0. The molecular formula is C26H38ClFN2O2. The van der Waals surface area contributed by atoms with E-state index in [4.69, 9.17) is 4.74 Å².